The lowest BCUT2D eigenvalue weighted by Gasteiger charge is -2.14. The van der Waals surface area contributed by atoms with E-state index in [2.05, 4.69) is 16.6 Å². The number of rotatable bonds is 2. The van der Waals surface area contributed by atoms with Gasteiger partial charge in [-0.1, -0.05) is 12.7 Å². The molecular weight excluding hydrogens is 170 g/mol. The van der Waals surface area contributed by atoms with Crippen molar-refractivity contribution in [3.05, 3.63) is 47.1 Å². The van der Waals surface area contributed by atoms with Crippen LogP contribution in [0.4, 0.5) is 0 Å². The summed E-state index contributed by atoms with van der Waals surface area (Å²) in [7, 11) is 0. The number of allylic oxidation sites excluding steroid dienone is 2. The van der Waals surface area contributed by atoms with Gasteiger partial charge in [-0.05, 0) is 22.8 Å². The molecule has 5 heteroatoms. The van der Waals surface area contributed by atoms with Crippen LogP contribution in [0.3, 0.4) is 0 Å². The molecule has 1 unspecified atom stereocenters. The average Bonchev–Trinajstić information content (AvgIpc) is 2.18. The molecule has 1 aliphatic rings. The van der Waals surface area contributed by atoms with Crippen molar-refractivity contribution in [3.63, 3.8) is 0 Å². The van der Waals surface area contributed by atoms with Crippen molar-refractivity contribution in [3.8, 4) is 0 Å². The number of amides is 1. The van der Waals surface area contributed by atoms with Crippen LogP contribution in [0, 0.1) is 0 Å². The zero-order valence-corrected chi connectivity index (χ0v) is 6.75. The largest absolute Gasteiger partial charge is 0.489 e. The minimum Gasteiger partial charge on any atom is -0.489 e. The monoisotopic (exact) mass is 177 g/mol. The fourth-order valence-electron chi connectivity index (χ4n) is 0.811. The summed E-state index contributed by atoms with van der Waals surface area (Å²) in [6.45, 7) is 3.47. The van der Waals surface area contributed by atoms with Gasteiger partial charge in [0.15, 0.2) is 0 Å². The Morgan fingerprint density at radius 2 is 2.38 bits per heavy atom. The molecule has 0 aliphatic carbocycles. The maximum absolute atomic E-state index is 11.0. The lowest BCUT2D eigenvalue weighted by Crippen LogP contribution is -2.16. The molecule has 0 fully saturated rings. The van der Waals surface area contributed by atoms with Gasteiger partial charge in [0.05, 0.1) is 6.26 Å². The number of hydrogen-bond acceptors (Lipinski definition) is 2. The SMILES string of the molecule is C=C(C(=O)N=[N+]=[N-])C1C=CC=CO1. The van der Waals surface area contributed by atoms with Gasteiger partial charge < -0.3 is 4.74 Å². The molecule has 0 aromatic heterocycles. The van der Waals surface area contributed by atoms with E-state index in [0.29, 0.717) is 0 Å². The van der Waals surface area contributed by atoms with Gasteiger partial charge in [0, 0.05) is 10.5 Å². The van der Waals surface area contributed by atoms with E-state index < -0.39 is 12.0 Å². The average molecular weight is 177 g/mol. The molecule has 0 radical (unpaired) electrons. The van der Waals surface area contributed by atoms with Gasteiger partial charge in [-0.2, -0.15) is 0 Å². The molecule has 66 valence electrons. The lowest BCUT2D eigenvalue weighted by molar-refractivity contribution is -0.115. The van der Waals surface area contributed by atoms with E-state index in [0.717, 1.165) is 0 Å². The van der Waals surface area contributed by atoms with Crippen LogP contribution in [0.2, 0.25) is 0 Å². The summed E-state index contributed by atoms with van der Waals surface area (Å²) < 4.78 is 5.04. The molecule has 1 aliphatic heterocycles. The van der Waals surface area contributed by atoms with E-state index in [9.17, 15) is 4.79 Å². The predicted molar refractivity (Wildman–Crippen MR) is 46.4 cm³/mol. The second kappa shape index (κ2) is 4.13. The van der Waals surface area contributed by atoms with E-state index in [-0.39, 0.29) is 5.57 Å². The molecular formula is C8H7N3O2. The van der Waals surface area contributed by atoms with Crippen molar-refractivity contribution in [1.29, 1.82) is 0 Å². The summed E-state index contributed by atoms with van der Waals surface area (Å²) in [6, 6.07) is 0. The van der Waals surface area contributed by atoms with E-state index in [4.69, 9.17) is 10.3 Å². The lowest BCUT2D eigenvalue weighted by atomic mass is 10.1. The Hall–Kier alpha value is -2.00. The van der Waals surface area contributed by atoms with E-state index in [1.54, 1.807) is 18.2 Å². The molecule has 1 rings (SSSR count). The highest BCUT2D eigenvalue weighted by Crippen LogP contribution is 2.12. The first kappa shape index (κ1) is 9.09. The Morgan fingerprint density at radius 1 is 1.62 bits per heavy atom. The van der Waals surface area contributed by atoms with Crippen LogP contribution in [-0.4, -0.2) is 12.0 Å². The summed E-state index contributed by atoms with van der Waals surface area (Å²) in [6.07, 6.45) is 5.97. The van der Waals surface area contributed by atoms with Gasteiger partial charge >= 0.3 is 0 Å². The highest BCUT2D eigenvalue weighted by molar-refractivity contribution is 5.94. The Balaban J connectivity index is 2.68. The van der Waals surface area contributed by atoms with Crippen molar-refractivity contribution >= 4 is 5.91 Å². The normalized spacial score (nSPS) is 18.6. The molecule has 0 saturated carbocycles. The molecule has 0 saturated heterocycles. The summed E-state index contributed by atoms with van der Waals surface area (Å²) in [5, 5.41) is 2.90. The van der Waals surface area contributed by atoms with Crippen molar-refractivity contribution in [2.45, 2.75) is 6.10 Å². The number of hydrogen-bond donors (Lipinski definition) is 0. The maximum Gasteiger partial charge on any atom is 0.248 e. The van der Waals surface area contributed by atoms with Gasteiger partial charge in [-0.3, -0.25) is 4.79 Å². The summed E-state index contributed by atoms with van der Waals surface area (Å²) >= 11 is 0. The summed E-state index contributed by atoms with van der Waals surface area (Å²) in [5.41, 5.74) is 8.13. The Morgan fingerprint density at radius 3 is 2.92 bits per heavy atom. The Kier molecular flexibility index (Phi) is 2.89. The van der Waals surface area contributed by atoms with Gasteiger partial charge in [0.25, 0.3) is 0 Å². The first-order valence-electron chi connectivity index (χ1n) is 3.52. The second-order valence-electron chi connectivity index (χ2n) is 2.29. The fraction of sp³-hybridized carbons (Fsp3) is 0.125. The van der Waals surface area contributed by atoms with Crippen LogP contribution >= 0.6 is 0 Å². The first-order valence-corrected chi connectivity index (χ1v) is 3.52. The fourth-order valence-corrected chi connectivity index (χ4v) is 0.811. The number of carbonyl (C=O) groups excluding carboxylic acids is 1. The second-order valence-corrected chi connectivity index (χ2v) is 2.29. The molecule has 5 nitrogen and oxygen atoms in total. The molecule has 0 aromatic rings. The first-order chi connectivity index (χ1) is 6.25. The third kappa shape index (κ3) is 2.21. The quantitative estimate of drug-likeness (QED) is 0.279. The molecule has 13 heavy (non-hydrogen) atoms. The van der Waals surface area contributed by atoms with Crippen LogP contribution in [0.5, 0.6) is 0 Å². The Labute approximate surface area is 74.6 Å². The topological polar surface area (TPSA) is 75.1 Å². The van der Waals surface area contributed by atoms with Gasteiger partial charge in [0.2, 0.25) is 5.91 Å². The number of nitrogens with zero attached hydrogens (tertiary/aromatic N) is 3. The van der Waals surface area contributed by atoms with Crippen molar-refractivity contribution in [2.24, 2.45) is 5.11 Å². The third-order valence-electron chi connectivity index (χ3n) is 1.45. The zero-order valence-electron chi connectivity index (χ0n) is 6.75. The molecule has 1 heterocycles. The molecule has 1 amide bonds. The van der Waals surface area contributed by atoms with Crippen LogP contribution in [0.25, 0.3) is 10.4 Å². The van der Waals surface area contributed by atoms with Gasteiger partial charge in [-0.15, -0.1) is 0 Å². The standard InChI is InChI=1S/C8H7N3O2/c1-6(8(12)10-11-9)7-4-2-3-5-13-7/h2-5,7H,1H2. The minimum atomic E-state index is -0.701. The zero-order chi connectivity index (χ0) is 9.68. The van der Waals surface area contributed by atoms with E-state index in [1.165, 1.54) is 6.26 Å². The van der Waals surface area contributed by atoms with Crippen LogP contribution in [0.1, 0.15) is 0 Å². The maximum atomic E-state index is 11.0. The molecule has 0 N–H and O–H groups in total. The smallest absolute Gasteiger partial charge is 0.248 e. The predicted octanol–water partition coefficient (Wildman–Crippen LogP) is 1.85. The molecule has 0 spiro atoms. The van der Waals surface area contributed by atoms with Crippen LogP contribution < -0.4 is 0 Å². The van der Waals surface area contributed by atoms with Crippen molar-refractivity contribution < 1.29 is 9.53 Å². The van der Waals surface area contributed by atoms with Crippen molar-refractivity contribution in [2.75, 3.05) is 0 Å². The van der Waals surface area contributed by atoms with Gasteiger partial charge in [0.1, 0.15) is 6.10 Å². The van der Waals surface area contributed by atoms with Crippen LogP contribution in [0.15, 0.2) is 41.8 Å². The third-order valence-corrected chi connectivity index (χ3v) is 1.45. The van der Waals surface area contributed by atoms with Gasteiger partial charge in [-0.25, -0.2) is 0 Å². The van der Waals surface area contributed by atoms with Crippen LogP contribution in [-0.2, 0) is 9.53 Å². The van der Waals surface area contributed by atoms with E-state index in [1.807, 2.05) is 0 Å². The highest BCUT2D eigenvalue weighted by atomic mass is 16.5. The number of azide groups is 1. The highest BCUT2D eigenvalue weighted by Gasteiger charge is 2.16. The summed E-state index contributed by atoms with van der Waals surface area (Å²) in [5.74, 6) is -0.701. The molecule has 0 aromatic carbocycles. The van der Waals surface area contributed by atoms with Crippen molar-refractivity contribution in [1.82, 2.24) is 0 Å². The number of ether oxygens (including phenoxy) is 1. The Bertz CT molecular complexity index is 337. The molecule has 0 bridgehead atoms. The number of carbonyl (C=O) groups is 1. The summed E-state index contributed by atoms with van der Waals surface area (Å²) in [4.78, 5) is 13.4. The van der Waals surface area contributed by atoms with E-state index >= 15 is 0 Å². The molecule has 1 atom stereocenters. The minimum absolute atomic E-state index is 0.124.